The van der Waals surface area contributed by atoms with E-state index in [1.165, 1.54) is 17.2 Å². The molecule has 0 amide bonds. The van der Waals surface area contributed by atoms with Crippen molar-refractivity contribution < 1.29 is 4.39 Å². The van der Waals surface area contributed by atoms with Crippen LogP contribution in [-0.2, 0) is 6.42 Å². The third-order valence-corrected chi connectivity index (χ3v) is 3.77. The molecule has 3 heteroatoms. The third kappa shape index (κ3) is 3.64. The van der Waals surface area contributed by atoms with Gasteiger partial charge in [0.2, 0.25) is 0 Å². The van der Waals surface area contributed by atoms with Gasteiger partial charge in [-0.25, -0.2) is 4.39 Å². The van der Waals surface area contributed by atoms with Gasteiger partial charge >= 0.3 is 0 Å². The maximum Gasteiger partial charge on any atom is 0.127 e. The molecule has 100 valence electrons. The summed E-state index contributed by atoms with van der Waals surface area (Å²) in [6, 6.07) is 13.4. The number of hydrogen-bond acceptors (Lipinski definition) is 1. The van der Waals surface area contributed by atoms with E-state index < -0.39 is 0 Å². The van der Waals surface area contributed by atoms with Crippen molar-refractivity contribution in [2.75, 3.05) is 6.54 Å². The summed E-state index contributed by atoms with van der Waals surface area (Å²) in [6.45, 7) is 2.57. The SMILES string of the molecule is Cc1cccc(C(CN)Cc2ccc(Br)cc2F)c1. The molecule has 0 radical (unpaired) electrons. The molecule has 0 bridgehead atoms. The molecule has 0 aromatic heterocycles. The van der Waals surface area contributed by atoms with Crippen LogP contribution >= 0.6 is 15.9 Å². The van der Waals surface area contributed by atoms with Crippen molar-refractivity contribution in [3.63, 3.8) is 0 Å². The molecule has 2 N–H and O–H groups in total. The number of nitrogens with two attached hydrogens (primary N) is 1. The zero-order chi connectivity index (χ0) is 13.8. The first-order chi connectivity index (χ1) is 9.10. The smallest absolute Gasteiger partial charge is 0.127 e. The van der Waals surface area contributed by atoms with E-state index in [-0.39, 0.29) is 11.7 Å². The molecular formula is C16H17BrFN. The zero-order valence-electron chi connectivity index (χ0n) is 10.9. The Hall–Kier alpha value is -1.19. The van der Waals surface area contributed by atoms with Crippen LogP contribution in [-0.4, -0.2) is 6.54 Å². The molecule has 0 spiro atoms. The Bertz CT molecular complexity index is 568. The summed E-state index contributed by atoms with van der Waals surface area (Å²) in [5.74, 6) is -0.0314. The number of halogens is 2. The van der Waals surface area contributed by atoms with Gasteiger partial charge in [0.05, 0.1) is 0 Å². The number of benzene rings is 2. The van der Waals surface area contributed by atoms with Crippen LogP contribution in [0.1, 0.15) is 22.6 Å². The van der Waals surface area contributed by atoms with E-state index in [1.54, 1.807) is 0 Å². The van der Waals surface area contributed by atoms with Crippen LogP contribution in [0.2, 0.25) is 0 Å². The van der Waals surface area contributed by atoms with E-state index in [9.17, 15) is 4.39 Å². The fraction of sp³-hybridized carbons (Fsp3) is 0.250. The van der Waals surface area contributed by atoms with Crippen molar-refractivity contribution >= 4 is 15.9 Å². The molecule has 2 aromatic rings. The molecule has 0 saturated heterocycles. The second kappa shape index (κ2) is 6.31. The Kier molecular flexibility index (Phi) is 4.72. The van der Waals surface area contributed by atoms with Gasteiger partial charge < -0.3 is 5.73 Å². The summed E-state index contributed by atoms with van der Waals surface area (Å²) in [4.78, 5) is 0. The lowest BCUT2D eigenvalue weighted by Gasteiger charge is -2.16. The lowest BCUT2D eigenvalue weighted by molar-refractivity contribution is 0.589. The Balaban J connectivity index is 2.24. The summed E-state index contributed by atoms with van der Waals surface area (Å²) in [5.41, 5.74) is 8.93. The van der Waals surface area contributed by atoms with Crippen LogP contribution in [0.5, 0.6) is 0 Å². The minimum Gasteiger partial charge on any atom is -0.330 e. The predicted molar refractivity (Wildman–Crippen MR) is 80.8 cm³/mol. The number of aryl methyl sites for hydroxylation is 1. The summed E-state index contributed by atoms with van der Waals surface area (Å²) in [6.07, 6.45) is 0.624. The average molecular weight is 322 g/mol. The van der Waals surface area contributed by atoms with Crippen molar-refractivity contribution in [2.45, 2.75) is 19.3 Å². The lowest BCUT2D eigenvalue weighted by Crippen LogP contribution is -2.15. The summed E-state index contributed by atoms with van der Waals surface area (Å²) < 4.78 is 14.6. The van der Waals surface area contributed by atoms with Gasteiger partial charge in [0.15, 0.2) is 0 Å². The van der Waals surface area contributed by atoms with Crippen molar-refractivity contribution in [2.24, 2.45) is 5.73 Å². The molecule has 0 fully saturated rings. The Morgan fingerprint density at radius 3 is 2.63 bits per heavy atom. The second-order valence-electron chi connectivity index (χ2n) is 4.79. The van der Waals surface area contributed by atoms with Gasteiger partial charge in [-0.3, -0.25) is 0 Å². The van der Waals surface area contributed by atoms with E-state index in [2.05, 4.69) is 41.1 Å². The topological polar surface area (TPSA) is 26.0 Å². The molecule has 19 heavy (non-hydrogen) atoms. The molecule has 2 aromatic carbocycles. The van der Waals surface area contributed by atoms with Gasteiger partial charge in [-0.2, -0.15) is 0 Å². The highest BCUT2D eigenvalue weighted by molar-refractivity contribution is 9.10. The van der Waals surface area contributed by atoms with Crippen LogP contribution in [0.3, 0.4) is 0 Å². The normalized spacial score (nSPS) is 12.4. The van der Waals surface area contributed by atoms with E-state index in [1.807, 2.05) is 18.2 Å². The molecule has 0 aliphatic carbocycles. The predicted octanol–water partition coefficient (Wildman–Crippen LogP) is 4.18. The van der Waals surface area contributed by atoms with E-state index in [4.69, 9.17) is 5.73 Å². The zero-order valence-corrected chi connectivity index (χ0v) is 12.5. The summed E-state index contributed by atoms with van der Waals surface area (Å²) in [5, 5.41) is 0. The molecular weight excluding hydrogens is 305 g/mol. The Labute approximate surface area is 121 Å². The Morgan fingerprint density at radius 2 is 2.00 bits per heavy atom. The molecule has 1 atom stereocenters. The van der Waals surface area contributed by atoms with Crippen molar-refractivity contribution in [1.29, 1.82) is 0 Å². The van der Waals surface area contributed by atoms with Crippen molar-refractivity contribution in [1.82, 2.24) is 0 Å². The molecule has 0 aliphatic rings. The van der Waals surface area contributed by atoms with Crippen molar-refractivity contribution in [3.05, 3.63) is 69.4 Å². The first kappa shape index (κ1) is 14.2. The maximum atomic E-state index is 13.9. The monoisotopic (exact) mass is 321 g/mol. The fourth-order valence-corrected chi connectivity index (χ4v) is 2.55. The average Bonchev–Trinajstić information content (AvgIpc) is 2.38. The van der Waals surface area contributed by atoms with Crippen LogP contribution in [0.4, 0.5) is 4.39 Å². The molecule has 0 saturated carbocycles. The van der Waals surface area contributed by atoms with Gasteiger partial charge in [0.25, 0.3) is 0 Å². The molecule has 0 heterocycles. The van der Waals surface area contributed by atoms with Crippen LogP contribution < -0.4 is 5.73 Å². The van der Waals surface area contributed by atoms with E-state index >= 15 is 0 Å². The number of hydrogen-bond donors (Lipinski definition) is 1. The van der Waals surface area contributed by atoms with Gasteiger partial charge in [-0.1, -0.05) is 51.8 Å². The number of rotatable bonds is 4. The Morgan fingerprint density at radius 1 is 1.21 bits per heavy atom. The highest BCUT2D eigenvalue weighted by atomic mass is 79.9. The molecule has 0 aliphatic heterocycles. The minimum absolute atomic E-state index is 0.149. The fourth-order valence-electron chi connectivity index (χ4n) is 2.21. The third-order valence-electron chi connectivity index (χ3n) is 3.28. The summed E-state index contributed by atoms with van der Waals surface area (Å²) >= 11 is 3.27. The first-order valence-electron chi connectivity index (χ1n) is 6.30. The molecule has 1 nitrogen and oxygen atoms in total. The van der Waals surface area contributed by atoms with E-state index in [0.717, 1.165) is 4.47 Å². The highest BCUT2D eigenvalue weighted by Crippen LogP contribution is 2.24. The highest BCUT2D eigenvalue weighted by Gasteiger charge is 2.13. The quantitative estimate of drug-likeness (QED) is 0.898. The molecule has 1 unspecified atom stereocenters. The van der Waals surface area contributed by atoms with Gasteiger partial charge in [-0.15, -0.1) is 0 Å². The van der Waals surface area contributed by atoms with Crippen LogP contribution in [0, 0.1) is 12.7 Å². The van der Waals surface area contributed by atoms with Crippen molar-refractivity contribution in [3.8, 4) is 0 Å². The largest absolute Gasteiger partial charge is 0.330 e. The van der Waals surface area contributed by atoms with E-state index in [0.29, 0.717) is 18.5 Å². The van der Waals surface area contributed by atoms with Crippen LogP contribution in [0.15, 0.2) is 46.9 Å². The minimum atomic E-state index is -0.180. The van der Waals surface area contributed by atoms with Crippen LogP contribution in [0.25, 0.3) is 0 Å². The second-order valence-corrected chi connectivity index (χ2v) is 5.70. The lowest BCUT2D eigenvalue weighted by atomic mass is 9.91. The summed E-state index contributed by atoms with van der Waals surface area (Å²) in [7, 11) is 0. The first-order valence-corrected chi connectivity index (χ1v) is 7.10. The van der Waals surface area contributed by atoms with Gasteiger partial charge in [-0.05, 0) is 43.1 Å². The standard InChI is InChI=1S/C16H17BrFN/c1-11-3-2-4-12(7-11)14(10-19)8-13-5-6-15(17)9-16(13)18/h2-7,9,14H,8,10,19H2,1H3. The maximum absolute atomic E-state index is 13.9. The molecule has 2 rings (SSSR count). The van der Waals surface area contributed by atoms with Gasteiger partial charge in [0, 0.05) is 10.4 Å². The van der Waals surface area contributed by atoms with Gasteiger partial charge in [0.1, 0.15) is 5.82 Å².